The fourth-order valence-corrected chi connectivity index (χ4v) is 1.52. The molecule has 0 bridgehead atoms. The van der Waals surface area contributed by atoms with Crippen LogP contribution in [0, 0.1) is 11.3 Å². The number of nitriles is 1. The first-order valence-corrected chi connectivity index (χ1v) is 6.02. The van der Waals surface area contributed by atoms with Crippen molar-refractivity contribution < 1.29 is 9.53 Å². The van der Waals surface area contributed by atoms with E-state index in [1.54, 1.807) is 18.2 Å². The molecular formula is C13H15ClN2O2. The van der Waals surface area contributed by atoms with E-state index in [0.717, 1.165) is 0 Å². The van der Waals surface area contributed by atoms with E-state index >= 15 is 0 Å². The highest BCUT2D eigenvalue weighted by atomic mass is 35.5. The molecule has 0 saturated heterocycles. The van der Waals surface area contributed by atoms with Gasteiger partial charge in [-0.25, -0.2) is 0 Å². The van der Waals surface area contributed by atoms with Crippen LogP contribution in [0.4, 0.5) is 0 Å². The van der Waals surface area contributed by atoms with E-state index in [2.05, 4.69) is 5.32 Å². The zero-order valence-corrected chi connectivity index (χ0v) is 11.1. The zero-order valence-electron chi connectivity index (χ0n) is 10.4. The number of ether oxygens (including phenoxy) is 1. The number of nitrogens with zero attached hydrogens (tertiary/aromatic N) is 1. The van der Waals surface area contributed by atoms with E-state index in [0.29, 0.717) is 16.3 Å². The average molecular weight is 267 g/mol. The molecule has 0 saturated carbocycles. The van der Waals surface area contributed by atoms with Gasteiger partial charge >= 0.3 is 0 Å². The SMILES string of the molecule is CC(C)NC(=O)CCOc1cc(Cl)ccc1C#N. The lowest BCUT2D eigenvalue weighted by atomic mass is 10.2. The predicted molar refractivity (Wildman–Crippen MR) is 69.6 cm³/mol. The minimum absolute atomic E-state index is 0.0782. The summed E-state index contributed by atoms with van der Waals surface area (Å²) in [4.78, 5) is 11.4. The molecule has 0 heterocycles. The number of carbonyl (C=O) groups excluding carboxylic acids is 1. The molecule has 96 valence electrons. The van der Waals surface area contributed by atoms with Gasteiger partial charge in [0.1, 0.15) is 11.8 Å². The molecule has 4 nitrogen and oxygen atoms in total. The van der Waals surface area contributed by atoms with Crippen molar-refractivity contribution in [2.45, 2.75) is 26.3 Å². The fraction of sp³-hybridized carbons (Fsp3) is 0.385. The number of hydrogen-bond acceptors (Lipinski definition) is 3. The molecule has 0 unspecified atom stereocenters. The van der Waals surface area contributed by atoms with Gasteiger partial charge in [0.2, 0.25) is 5.91 Å². The monoisotopic (exact) mass is 266 g/mol. The van der Waals surface area contributed by atoms with Crippen LogP contribution in [0.5, 0.6) is 5.75 Å². The van der Waals surface area contributed by atoms with Crippen LogP contribution in [0.1, 0.15) is 25.8 Å². The Bertz CT molecular complexity index is 467. The predicted octanol–water partition coefficient (Wildman–Crippen LogP) is 2.51. The van der Waals surface area contributed by atoms with Gasteiger partial charge in [0, 0.05) is 17.1 Å². The van der Waals surface area contributed by atoms with Gasteiger partial charge in [0.25, 0.3) is 0 Å². The van der Waals surface area contributed by atoms with Gasteiger partial charge in [-0.2, -0.15) is 5.26 Å². The van der Waals surface area contributed by atoms with Crippen molar-refractivity contribution in [3.05, 3.63) is 28.8 Å². The van der Waals surface area contributed by atoms with Crippen molar-refractivity contribution in [3.8, 4) is 11.8 Å². The maximum atomic E-state index is 11.4. The normalized spacial score (nSPS) is 9.94. The molecule has 1 aromatic carbocycles. The minimum atomic E-state index is -0.0782. The van der Waals surface area contributed by atoms with E-state index in [4.69, 9.17) is 21.6 Å². The number of benzene rings is 1. The highest BCUT2D eigenvalue weighted by molar-refractivity contribution is 6.30. The highest BCUT2D eigenvalue weighted by Crippen LogP contribution is 2.22. The Morgan fingerprint density at radius 3 is 2.89 bits per heavy atom. The van der Waals surface area contributed by atoms with Crippen molar-refractivity contribution in [1.29, 1.82) is 5.26 Å². The Morgan fingerprint density at radius 2 is 2.28 bits per heavy atom. The molecule has 0 aromatic heterocycles. The van der Waals surface area contributed by atoms with Gasteiger partial charge in [-0.05, 0) is 26.0 Å². The molecule has 0 radical (unpaired) electrons. The first-order valence-electron chi connectivity index (χ1n) is 5.64. The molecule has 1 aromatic rings. The standard InChI is InChI=1S/C13H15ClN2O2/c1-9(2)16-13(17)5-6-18-12-7-11(14)4-3-10(12)8-15/h3-4,7,9H,5-6H2,1-2H3,(H,16,17). The number of nitrogens with one attached hydrogen (secondary N) is 1. The molecule has 0 aliphatic heterocycles. The molecule has 0 spiro atoms. The number of halogens is 1. The average Bonchev–Trinajstić information content (AvgIpc) is 2.28. The van der Waals surface area contributed by atoms with Gasteiger partial charge < -0.3 is 10.1 Å². The third kappa shape index (κ3) is 4.64. The molecule has 0 atom stereocenters. The Morgan fingerprint density at radius 1 is 1.56 bits per heavy atom. The summed E-state index contributed by atoms with van der Waals surface area (Å²) in [5, 5.41) is 12.1. The molecule has 0 aliphatic carbocycles. The van der Waals surface area contributed by atoms with Crippen LogP contribution >= 0.6 is 11.6 Å². The summed E-state index contributed by atoms with van der Waals surface area (Å²) >= 11 is 5.82. The quantitative estimate of drug-likeness (QED) is 0.891. The molecule has 1 amide bonds. The number of hydrogen-bond donors (Lipinski definition) is 1. The smallest absolute Gasteiger partial charge is 0.223 e. The fourth-order valence-electron chi connectivity index (χ4n) is 1.36. The summed E-state index contributed by atoms with van der Waals surface area (Å²) in [5.74, 6) is 0.327. The highest BCUT2D eigenvalue weighted by Gasteiger charge is 2.07. The minimum Gasteiger partial charge on any atom is -0.492 e. The van der Waals surface area contributed by atoms with Gasteiger partial charge in [0.05, 0.1) is 18.6 Å². The summed E-state index contributed by atoms with van der Waals surface area (Å²) in [6.45, 7) is 4.00. The molecule has 1 rings (SSSR count). The van der Waals surface area contributed by atoms with Crippen molar-refractivity contribution in [1.82, 2.24) is 5.32 Å². The maximum Gasteiger partial charge on any atom is 0.223 e. The lowest BCUT2D eigenvalue weighted by Crippen LogP contribution is -2.31. The lowest BCUT2D eigenvalue weighted by molar-refractivity contribution is -0.122. The van der Waals surface area contributed by atoms with Gasteiger partial charge in [-0.15, -0.1) is 0 Å². The van der Waals surface area contributed by atoms with E-state index in [1.165, 1.54) is 0 Å². The molecule has 0 fully saturated rings. The largest absolute Gasteiger partial charge is 0.492 e. The number of rotatable bonds is 5. The first-order chi connectivity index (χ1) is 8.52. The third-order valence-corrected chi connectivity index (χ3v) is 2.34. The van der Waals surface area contributed by atoms with Crippen LogP contribution < -0.4 is 10.1 Å². The van der Waals surface area contributed by atoms with Crippen molar-refractivity contribution in [3.63, 3.8) is 0 Å². The van der Waals surface area contributed by atoms with Crippen LogP contribution in [-0.2, 0) is 4.79 Å². The summed E-state index contributed by atoms with van der Waals surface area (Å²) in [6.07, 6.45) is 0.246. The van der Waals surface area contributed by atoms with E-state index < -0.39 is 0 Å². The zero-order chi connectivity index (χ0) is 13.5. The summed E-state index contributed by atoms with van der Waals surface area (Å²) in [5.41, 5.74) is 0.406. The second-order valence-electron chi connectivity index (χ2n) is 4.07. The van der Waals surface area contributed by atoms with Crippen LogP contribution in [0.15, 0.2) is 18.2 Å². The van der Waals surface area contributed by atoms with Crippen molar-refractivity contribution in [2.24, 2.45) is 0 Å². The Labute approximate surface area is 112 Å². The molecule has 1 N–H and O–H groups in total. The maximum absolute atomic E-state index is 11.4. The van der Waals surface area contributed by atoms with Gasteiger partial charge in [-0.1, -0.05) is 11.6 Å². The van der Waals surface area contributed by atoms with Crippen LogP contribution in [-0.4, -0.2) is 18.6 Å². The molecule has 18 heavy (non-hydrogen) atoms. The van der Waals surface area contributed by atoms with Crippen LogP contribution in [0.3, 0.4) is 0 Å². The Kier molecular flexibility index (Phi) is 5.47. The van der Waals surface area contributed by atoms with Gasteiger partial charge in [0.15, 0.2) is 0 Å². The van der Waals surface area contributed by atoms with Crippen LogP contribution in [0.25, 0.3) is 0 Å². The lowest BCUT2D eigenvalue weighted by Gasteiger charge is -2.10. The summed E-state index contributed by atoms with van der Waals surface area (Å²) < 4.78 is 5.39. The summed E-state index contributed by atoms with van der Waals surface area (Å²) in [6, 6.07) is 6.90. The van der Waals surface area contributed by atoms with Gasteiger partial charge in [-0.3, -0.25) is 4.79 Å². The molecule has 5 heteroatoms. The second kappa shape index (κ2) is 6.87. The first kappa shape index (κ1) is 14.3. The Hall–Kier alpha value is -1.73. The van der Waals surface area contributed by atoms with E-state index in [1.807, 2.05) is 19.9 Å². The van der Waals surface area contributed by atoms with E-state index in [-0.39, 0.29) is 25.0 Å². The number of carbonyl (C=O) groups is 1. The summed E-state index contributed by atoms with van der Waals surface area (Å²) in [7, 11) is 0. The second-order valence-corrected chi connectivity index (χ2v) is 4.51. The number of amides is 1. The third-order valence-electron chi connectivity index (χ3n) is 2.10. The molecular weight excluding hydrogens is 252 g/mol. The molecule has 0 aliphatic rings. The van der Waals surface area contributed by atoms with E-state index in [9.17, 15) is 4.79 Å². The van der Waals surface area contributed by atoms with Crippen LogP contribution in [0.2, 0.25) is 5.02 Å². The Balaban J connectivity index is 2.51. The van der Waals surface area contributed by atoms with Crippen molar-refractivity contribution >= 4 is 17.5 Å². The topological polar surface area (TPSA) is 62.1 Å². The van der Waals surface area contributed by atoms with Crippen molar-refractivity contribution in [2.75, 3.05) is 6.61 Å².